The molecule has 5 nitrogen and oxygen atoms in total. The molecule has 0 spiro atoms. The van der Waals surface area contributed by atoms with Crippen LogP contribution in [0, 0.1) is 6.92 Å². The summed E-state index contributed by atoms with van der Waals surface area (Å²) in [5, 5.41) is 3.47. The van der Waals surface area contributed by atoms with Crippen molar-refractivity contribution in [3.63, 3.8) is 0 Å². The first-order chi connectivity index (χ1) is 14.1. The third kappa shape index (κ3) is 6.87. The average molecular weight is 396 g/mol. The van der Waals surface area contributed by atoms with Crippen molar-refractivity contribution in [1.82, 2.24) is 10.2 Å². The lowest BCUT2D eigenvalue weighted by Crippen LogP contribution is -2.38. The number of aryl methyl sites for hydroxylation is 1. The maximum atomic E-state index is 6.05. The van der Waals surface area contributed by atoms with Crippen LogP contribution in [0.2, 0.25) is 0 Å². The predicted molar refractivity (Wildman–Crippen MR) is 118 cm³/mol. The number of rotatable bonds is 7. The molecule has 0 aromatic heterocycles. The minimum Gasteiger partial charge on any atom is -0.381 e. The molecule has 1 heterocycles. The summed E-state index contributed by atoms with van der Waals surface area (Å²) in [4.78, 5) is 6.57. The van der Waals surface area contributed by atoms with Gasteiger partial charge in [-0.05, 0) is 36.5 Å². The molecule has 2 aromatic carbocycles. The largest absolute Gasteiger partial charge is 0.381 e. The maximum Gasteiger partial charge on any atom is 0.193 e. The van der Waals surface area contributed by atoms with Crippen molar-refractivity contribution in [2.24, 2.45) is 4.99 Å². The fourth-order valence-electron chi connectivity index (χ4n) is 3.49. The van der Waals surface area contributed by atoms with Crippen molar-refractivity contribution in [2.45, 2.75) is 45.6 Å². The normalized spacial score (nSPS) is 15.3. The van der Waals surface area contributed by atoms with Crippen LogP contribution in [0.1, 0.15) is 35.1 Å². The Bertz CT molecular complexity index is 783. The molecule has 0 amide bonds. The number of hydrogen-bond donors (Lipinski definition) is 1. The second-order valence-electron chi connectivity index (χ2n) is 7.69. The molecule has 0 bridgehead atoms. The number of guanidine groups is 1. The number of nitrogens with zero attached hydrogens (tertiary/aromatic N) is 2. The molecule has 29 heavy (non-hydrogen) atoms. The molecular weight excluding hydrogens is 362 g/mol. The van der Waals surface area contributed by atoms with E-state index >= 15 is 0 Å². The van der Waals surface area contributed by atoms with E-state index in [1.54, 1.807) is 0 Å². The van der Waals surface area contributed by atoms with Crippen LogP contribution in [0.4, 0.5) is 0 Å². The van der Waals surface area contributed by atoms with Crippen LogP contribution in [-0.4, -0.2) is 44.3 Å². The summed E-state index contributed by atoms with van der Waals surface area (Å²) in [7, 11) is 3.89. The zero-order valence-corrected chi connectivity index (χ0v) is 17.9. The molecule has 1 aliphatic rings. The highest BCUT2D eigenvalue weighted by atomic mass is 16.5. The van der Waals surface area contributed by atoms with Crippen LogP contribution in [-0.2, 0) is 29.2 Å². The topological polar surface area (TPSA) is 46.1 Å². The van der Waals surface area contributed by atoms with E-state index in [1.807, 2.05) is 7.05 Å². The molecule has 1 fully saturated rings. The lowest BCUT2D eigenvalue weighted by molar-refractivity contribution is -0.0390. The monoisotopic (exact) mass is 395 g/mol. The van der Waals surface area contributed by atoms with Gasteiger partial charge in [0.2, 0.25) is 0 Å². The Balaban J connectivity index is 1.50. The fourth-order valence-corrected chi connectivity index (χ4v) is 3.49. The number of nitrogens with one attached hydrogen (secondary N) is 1. The Hall–Kier alpha value is -2.37. The molecule has 0 radical (unpaired) electrons. The molecule has 0 unspecified atom stereocenters. The van der Waals surface area contributed by atoms with E-state index in [9.17, 15) is 0 Å². The highest BCUT2D eigenvalue weighted by Crippen LogP contribution is 2.14. The van der Waals surface area contributed by atoms with Crippen LogP contribution < -0.4 is 5.32 Å². The molecule has 5 heteroatoms. The van der Waals surface area contributed by atoms with Crippen molar-refractivity contribution in [2.75, 3.05) is 27.3 Å². The van der Waals surface area contributed by atoms with Crippen molar-refractivity contribution >= 4 is 5.96 Å². The Morgan fingerprint density at radius 1 is 1.10 bits per heavy atom. The van der Waals surface area contributed by atoms with E-state index in [-0.39, 0.29) is 0 Å². The van der Waals surface area contributed by atoms with Gasteiger partial charge >= 0.3 is 0 Å². The van der Waals surface area contributed by atoms with Crippen LogP contribution in [0.3, 0.4) is 0 Å². The van der Waals surface area contributed by atoms with Gasteiger partial charge < -0.3 is 19.7 Å². The van der Waals surface area contributed by atoms with Crippen molar-refractivity contribution in [3.05, 3.63) is 70.8 Å². The van der Waals surface area contributed by atoms with Crippen LogP contribution in [0.15, 0.2) is 53.5 Å². The van der Waals surface area contributed by atoms with Gasteiger partial charge in [-0.15, -0.1) is 0 Å². The molecule has 1 aliphatic heterocycles. The van der Waals surface area contributed by atoms with E-state index in [2.05, 4.69) is 77.7 Å². The highest BCUT2D eigenvalue weighted by molar-refractivity contribution is 5.79. The summed E-state index contributed by atoms with van der Waals surface area (Å²) < 4.78 is 11.4. The Morgan fingerprint density at radius 3 is 2.55 bits per heavy atom. The van der Waals surface area contributed by atoms with Crippen LogP contribution >= 0.6 is 0 Å². The smallest absolute Gasteiger partial charge is 0.193 e. The molecule has 156 valence electrons. The Labute approximate surface area is 174 Å². The SMILES string of the molecule is CN=C(NCc1cccc(COC2CCOCC2)c1)N(C)Cc1ccc(C)cc1. The van der Waals surface area contributed by atoms with Gasteiger partial charge in [-0.1, -0.05) is 54.1 Å². The lowest BCUT2D eigenvalue weighted by atomic mass is 10.1. The first-order valence-electron chi connectivity index (χ1n) is 10.4. The van der Waals surface area contributed by atoms with E-state index in [0.29, 0.717) is 12.7 Å². The number of benzene rings is 2. The zero-order chi connectivity index (χ0) is 20.5. The molecular formula is C24H33N3O2. The third-order valence-corrected chi connectivity index (χ3v) is 5.21. The van der Waals surface area contributed by atoms with Gasteiger partial charge in [0.25, 0.3) is 0 Å². The van der Waals surface area contributed by atoms with Gasteiger partial charge in [0.1, 0.15) is 0 Å². The highest BCUT2D eigenvalue weighted by Gasteiger charge is 2.14. The predicted octanol–water partition coefficient (Wildman–Crippen LogP) is 3.90. The van der Waals surface area contributed by atoms with Gasteiger partial charge in [-0.25, -0.2) is 0 Å². The minimum atomic E-state index is 0.319. The molecule has 3 rings (SSSR count). The van der Waals surface area contributed by atoms with Gasteiger partial charge in [0.15, 0.2) is 5.96 Å². The van der Waals surface area contributed by atoms with E-state index in [4.69, 9.17) is 9.47 Å². The third-order valence-electron chi connectivity index (χ3n) is 5.21. The summed E-state index contributed by atoms with van der Waals surface area (Å²) in [6.45, 7) is 5.93. The molecule has 1 N–H and O–H groups in total. The lowest BCUT2D eigenvalue weighted by Gasteiger charge is -2.23. The summed E-state index contributed by atoms with van der Waals surface area (Å²) in [6.07, 6.45) is 2.30. The van der Waals surface area contributed by atoms with Crippen LogP contribution in [0.5, 0.6) is 0 Å². The molecule has 1 saturated heterocycles. The molecule has 0 aliphatic carbocycles. The quantitative estimate of drug-likeness (QED) is 0.571. The fraction of sp³-hybridized carbons (Fsp3) is 0.458. The first kappa shape index (κ1) is 21.3. The summed E-state index contributed by atoms with van der Waals surface area (Å²) in [6, 6.07) is 17.2. The average Bonchev–Trinajstić information content (AvgIpc) is 2.75. The van der Waals surface area contributed by atoms with Gasteiger partial charge in [0, 0.05) is 40.4 Å². The van der Waals surface area contributed by atoms with E-state index in [0.717, 1.165) is 45.1 Å². The summed E-state index contributed by atoms with van der Waals surface area (Å²) in [5.74, 6) is 0.884. The second kappa shape index (κ2) is 11.0. The van der Waals surface area contributed by atoms with Gasteiger partial charge in [-0.2, -0.15) is 0 Å². The minimum absolute atomic E-state index is 0.319. The van der Waals surface area contributed by atoms with Crippen LogP contribution in [0.25, 0.3) is 0 Å². The zero-order valence-electron chi connectivity index (χ0n) is 17.9. The number of ether oxygens (including phenoxy) is 2. The summed E-state index contributed by atoms with van der Waals surface area (Å²) in [5.41, 5.74) is 4.98. The maximum absolute atomic E-state index is 6.05. The second-order valence-corrected chi connectivity index (χ2v) is 7.69. The van der Waals surface area contributed by atoms with Crippen molar-refractivity contribution in [3.8, 4) is 0 Å². The number of aliphatic imine (C=N–C) groups is 1. The summed E-state index contributed by atoms with van der Waals surface area (Å²) >= 11 is 0. The van der Waals surface area contributed by atoms with Gasteiger partial charge in [-0.3, -0.25) is 4.99 Å². The standard InChI is InChI=1S/C24H33N3O2/c1-19-7-9-20(10-8-19)17-27(3)24(25-2)26-16-21-5-4-6-22(15-21)18-29-23-11-13-28-14-12-23/h4-10,15,23H,11-14,16-18H2,1-3H3,(H,25,26). The number of hydrogen-bond acceptors (Lipinski definition) is 3. The Morgan fingerprint density at radius 2 is 1.83 bits per heavy atom. The Kier molecular flexibility index (Phi) is 8.08. The van der Waals surface area contributed by atoms with Crippen molar-refractivity contribution in [1.29, 1.82) is 0 Å². The van der Waals surface area contributed by atoms with E-state index in [1.165, 1.54) is 22.3 Å². The molecule has 0 saturated carbocycles. The first-order valence-corrected chi connectivity index (χ1v) is 10.4. The van der Waals surface area contributed by atoms with Crippen molar-refractivity contribution < 1.29 is 9.47 Å². The molecule has 0 atom stereocenters. The van der Waals surface area contributed by atoms with E-state index < -0.39 is 0 Å². The van der Waals surface area contributed by atoms with Gasteiger partial charge in [0.05, 0.1) is 12.7 Å². The molecule has 2 aromatic rings.